The van der Waals surface area contributed by atoms with E-state index in [1.54, 1.807) is 6.20 Å². The van der Waals surface area contributed by atoms with Crippen LogP contribution >= 0.6 is 15.9 Å². The molecule has 0 fully saturated rings. The largest absolute Gasteiger partial charge is 0.339 e. The fraction of sp³-hybridized carbons (Fsp3) is 0.286. The van der Waals surface area contributed by atoms with E-state index in [1.807, 2.05) is 0 Å². The average molecular weight is 334 g/mol. The zero-order valence-electron chi connectivity index (χ0n) is 11.0. The second kappa shape index (κ2) is 5.76. The van der Waals surface area contributed by atoms with Crippen molar-refractivity contribution in [2.75, 3.05) is 10.7 Å². The summed E-state index contributed by atoms with van der Waals surface area (Å²) >= 11 is 3.46. The number of benzene rings is 1. The highest BCUT2D eigenvalue weighted by molar-refractivity contribution is 9.10. The SMILES string of the molecule is NNc1ncc(Br)c(Nc2cccc3c2CCCC3)n1. The Morgan fingerprint density at radius 3 is 2.90 bits per heavy atom. The van der Waals surface area contributed by atoms with Gasteiger partial charge in [0.05, 0.1) is 4.47 Å². The van der Waals surface area contributed by atoms with Crippen molar-refractivity contribution in [1.82, 2.24) is 9.97 Å². The molecule has 0 bridgehead atoms. The van der Waals surface area contributed by atoms with Crippen LogP contribution in [0.3, 0.4) is 0 Å². The number of halogens is 1. The van der Waals surface area contributed by atoms with E-state index in [-0.39, 0.29) is 0 Å². The number of nitrogens with zero attached hydrogens (tertiary/aromatic N) is 2. The first-order chi connectivity index (χ1) is 9.78. The minimum atomic E-state index is 0.389. The van der Waals surface area contributed by atoms with Crippen LogP contribution in [0.15, 0.2) is 28.9 Å². The predicted octanol–water partition coefficient (Wildman–Crippen LogP) is 3.15. The normalized spacial score (nSPS) is 13.7. The highest BCUT2D eigenvalue weighted by Gasteiger charge is 2.14. The molecule has 1 aliphatic rings. The zero-order chi connectivity index (χ0) is 13.9. The average Bonchev–Trinajstić information content (AvgIpc) is 2.50. The maximum atomic E-state index is 5.35. The fourth-order valence-corrected chi connectivity index (χ4v) is 2.84. The summed E-state index contributed by atoms with van der Waals surface area (Å²) in [5.41, 5.74) is 6.40. The van der Waals surface area contributed by atoms with Crippen molar-refractivity contribution < 1.29 is 0 Å². The zero-order valence-corrected chi connectivity index (χ0v) is 12.6. The molecule has 3 rings (SSSR count). The Bertz CT molecular complexity index is 629. The van der Waals surface area contributed by atoms with Crippen molar-refractivity contribution in [1.29, 1.82) is 0 Å². The molecule has 1 heterocycles. The lowest BCUT2D eigenvalue weighted by atomic mass is 9.90. The van der Waals surface area contributed by atoms with E-state index in [0.717, 1.165) is 23.0 Å². The standard InChI is InChI=1S/C14H16BrN5/c15-11-8-17-14(20-16)19-13(11)18-12-7-3-5-9-4-1-2-6-10(9)12/h3,5,7-8H,1-2,4,6,16H2,(H2,17,18,19,20). The van der Waals surface area contributed by atoms with Gasteiger partial charge < -0.3 is 5.32 Å². The Morgan fingerprint density at radius 2 is 2.05 bits per heavy atom. The molecule has 4 N–H and O–H groups in total. The molecular weight excluding hydrogens is 318 g/mol. The molecule has 1 aromatic heterocycles. The van der Waals surface area contributed by atoms with Gasteiger partial charge in [-0.25, -0.2) is 10.8 Å². The number of anilines is 3. The third kappa shape index (κ3) is 2.62. The summed E-state index contributed by atoms with van der Waals surface area (Å²) in [6, 6.07) is 6.39. The number of aryl methyl sites for hydroxylation is 1. The smallest absolute Gasteiger partial charge is 0.239 e. The summed E-state index contributed by atoms with van der Waals surface area (Å²) in [5, 5.41) is 3.38. The van der Waals surface area contributed by atoms with Crippen molar-refractivity contribution in [2.24, 2.45) is 5.84 Å². The first-order valence-electron chi connectivity index (χ1n) is 6.65. The van der Waals surface area contributed by atoms with E-state index in [2.05, 4.69) is 54.8 Å². The van der Waals surface area contributed by atoms with Crippen molar-refractivity contribution in [3.63, 3.8) is 0 Å². The lowest BCUT2D eigenvalue weighted by Crippen LogP contribution is -2.12. The van der Waals surface area contributed by atoms with E-state index in [1.165, 1.54) is 24.0 Å². The topological polar surface area (TPSA) is 75.9 Å². The van der Waals surface area contributed by atoms with Crippen LogP contribution in [0.2, 0.25) is 0 Å². The number of rotatable bonds is 3. The molecule has 0 saturated carbocycles. The van der Waals surface area contributed by atoms with Crippen molar-refractivity contribution >= 4 is 33.4 Å². The molecule has 5 nitrogen and oxygen atoms in total. The first kappa shape index (κ1) is 13.3. The molecule has 0 radical (unpaired) electrons. The van der Waals surface area contributed by atoms with Crippen molar-refractivity contribution in [3.8, 4) is 0 Å². The molecule has 0 unspecified atom stereocenters. The summed E-state index contributed by atoms with van der Waals surface area (Å²) in [6.45, 7) is 0. The number of fused-ring (bicyclic) bond motifs is 1. The lowest BCUT2D eigenvalue weighted by molar-refractivity contribution is 0.687. The van der Waals surface area contributed by atoms with E-state index in [9.17, 15) is 0 Å². The summed E-state index contributed by atoms with van der Waals surface area (Å²) in [7, 11) is 0. The van der Waals surface area contributed by atoms with E-state index in [4.69, 9.17) is 5.84 Å². The number of aromatic nitrogens is 2. The molecule has 1 aliphatic carbocycles. The van der Waals surface area contributed by atoms with Gasteiger partial charge in [0.1, 0.15) is 5.82 Å². The molecule has 1 aromatic carbocycles. The number of nitrogens with one attached hydrogen (secondary N) is 2. The first-order valence-corrected chi connectivity index (χ1v) is 7.44. The molecule has 2 aromatic rings. The highest BCUT2D eigenvalue weighted by Crippen LogP contribution is 2.31. The molecule has 6 heteroatoms. The van der Waals surface area contributed by atoms with Crippen LogP contribution in [-0.4, -0.2) is 9.97 Å². The second-order valence-electron chi connectivity index (χ2n) is 4.81. The van der Waals surface area contributed by atoms with Gasteiger partial charge in [-0.3, -0.25) is 5.43 Å². The Balaban J connectivity index is 1.95. The van der Waals surface area contributed by atoms with Gasteiger partial charge >= 0.3 is 0 Å². The highest BCUT2D eigenvalue weighted by atomic mass is 79.9. The van der Waals surface area contributed by atoms with Gasteiger partial charge in [0.15, 0.2) is 0 Å². The third-order valence-corrected chi connectivity index (χ3v) is 4.10. The van der Waals surface area contributed by atoms with Crippen LogP contribution in [0.5, 0.6) is 0 Å². The van der Waals surface area contributed by atoms with Crippen LogP contribution < -0.4 is 16.6 Å². The number of nitrogens with two attached hydrogens (primary N) is 1. The third-order valence-electron chi connectivity index (χ3n) is 3.52. The number of hydrogen-bond acceptors (Lipinski definition) is 5. The predicted molar refractivity (Wildman–Crippen MR) is 83.9 cm³/mol. The van der Waals surface area contributed by atoms with Crippen molar-refractivity contribution in [3.05, 3.63) is 40.0 Å². The van der Waals surface area contributed by atoms with Crippen LogP contribution in [0.25, 0.3) is 0 Å². The maximum absolute atomic E-state index is 5.35. The summed E-state index contributed by atoms with van der Waals surface area (Å²) < 4.78 is 0.810. The summed E-state index contributed by atoms with van der Waals surface area (Å²) in [6.07, 6.45) is 6.47. The van der Waals surface area contributed by atoms with Crippen LogP contribution in [0.1, 0.15) is 24.0 Å². The van der Waals surface area contributed by atoms with Gasteiger partial charge in [-0.15, -0.1) is 0 Å². The van der Waals surface area contributed by atoms with Gasteiger partial charge in [-0.05, 0) is 58.8 Å². The van der Waals surface area contributed by atoms with Crippen LogP contribution in [0.4, 0.5) is 17.5 Å². The molecule has 0 aliphatic heterocycles. The molecule has 0 saturated heterocycles. The fourth-order valence-electron chi connectivity index (χ4n) is 2.55. The minimum absolute atomic E-state index is 0.389. The molecule has 0 spiro atoms. The monoisotopic (exact) mass is 333 g/mol. The molecular formula is C14H16BrN5. The van der Waals surface area contributed by atoms with Crippen LogP contribution in [0, 0.1) is 0 Å². The number of hydrogen-bond donors (Lipinski definition) is 3. The molecule has 0 amide bonds. The van der Waals surface area contributed by atoms with Crippen molar-refractivity contribution in [2.45, 2.75) is 25.7 Å². The van der Waals surface area contributed by atoms with Gasteiger partial charge in [-0.1, -0.05) is 12.1 Å². The van der Waals surface area contributed by atoms with Gasteiger partial charge in [0.25, 0.3) is 0 Å². The molecule has 20 heavy (non-hydrogen) atoms. The summed E-state index contributed by atoms with van der Waals surface area (Å²) in [4.78, 5) is 8.38. The molecule has 0 atom stereocenters. The Morgan fingerprint density at radius 1 is 1.20 bits per heavy atom. The van der Waals surface area contributed by atoms with E-state index in [0.29, 0.717) is 11.8 Å². The van der Waals surface area contributed by atoms with E-state index >= 15 is 0 Å². The second-order valence-corrected chi connectivity index (χ2v) is 5.66. The van der Waals surface area contributed by atoms with E-state index < -0.39 is 0 Å². The quantitative estimate of drug-likeness (QED) is 0.594. The van der Waals surface area contributed by atoms with Crippen LogP contribution in [-0.2, 0) is 12.8 Å². The number of nitrogen functional groups attached to an aromatic ring is 1. The lowest BCUT2D eigenvalue weighted by Gasteiger charge is -2.20. The van der Waals surface area contributed by atoms with Gasteiger partial charge in [0, 0.05) is 11.9 Å². The Kier molecular flexibility index (Phi) is 3.84. The Labute approximate surface area is 126 Å². The van der Waals surface area contributed by atoms with Gasteiger partial charge in [-0.2, -0.15) is 4.98 Å². The number of hydrazine groups is 1. The minimum Gasteiger partial charge on any atom is -0.339 e. The van der Waals surface area contributed by atoms with Gasteiger partial charge in [0.2, 0.25) is 5.95 Å². The summed E-state index contributed by atoms with van der Waals surface area (Å²) in [5.74, 6) is 6.46. The maximum Gasteiger partial charge on any atom is 0.239 e. The molecule has 104 valence electrons. The Hall–Kier alpha value is -1.66.